The lowest BCUT2D eigenvalue weighted by molar-refractivity contribution is 0.0938. The third-order valence-electron chi connectivity index (χ3n) is 5.19. The highest BCUT2D eigenvalue weighted by molar-refractivity contribution is 7.21. The van der Waals surface area contributed by atoms with Crippen molar-refractivity contribution in [2.45, 2.75) is 25.3 Å². The lowest BCUT2D eigenvalue weighted by Gasteiger charge is -2.25. The smallest absolute Gasteiger partial charge is 0.345 e. The van der Waals surface area contributed by atoms with Gasteiger partial charge in [0.1, 0.15) is 5.58 Å². The maximum atomic E-state index is 12.8. The lowest BCUT2D eigenvalue weighted by atomic mass is 9.88. The van der Waals surface area contributed by atoms with Gasteiger partial charge in [0.2, 0.25) is 0 Å². The van der Waals surface area contributed by atoms with Gasteiger partial charge < -0.3 is 9.73 Å². The highest BCUT2D eigenvalue weighted by atomic mass is 32.1. The molecule has 0 bridgehead atoms. The first-order valence-corrected chi connectivity index (χ1v) is 9.84. The maximum Gasteiger partial charge on any atom is 0.345 e. The Morgan fingerprint density at radius 2 is 1.81 bits per heavy atom. The molecule has 4 nitrogen and oxygen atoms in total. The maximum absolute atomic E-state index is 12.8. The van der Waals surface area contributed by atoms with Gasteiger partial charge in [0.05, 0.1) is 15.0 Å². The second kappa shape index (κ2) is 6.35. The predicted octanol–water partition coefficient (Wildman–Crippen LogP) is 4.30. The van der Waals surface area contributed by atoms with E-state index in [-0.39, 0.29) is 11.9 Å². The molecule has 2 aromatic heterocycles. The van der Waals surface area contributed by atoms with Crippen molar-refractivity contribution in [1.82, 2.24) is 5.32 Å². The van der Waals surface area contributed by atoms with Gasteiger partial charge in [-0.3, -0.25) is 4.79 Å². The fraction of sp³-hybridized carbons (Fsp3) is 0.182. The number of fused-ring (bicyclic) bond motifs is 4. The summed E-state index contributed by atoms with van der Waals surface area (Å²) in [6, 6.07) is 17.6. The lowest BCUT2D eigenvalue weighted by Crippen LogP contribution is -2.38. The molecule has 4 aromatic rings. The third kappa shape index (κ3) is 2.84. The highest BCUT2D eigenvalue weighted by Gasteiger charge is 2.22. The van der Waals surface area contributed by atoms with Gasteiger partial charge >= 0.3 is 5.63 Å². The van der Waals surface area contributed by atoms with E-state index in [9.17, 15) is 9.59 Å². The molecule has 0 aliphatic heterocycles. The second-order valence-corrected chi connectivity index (χ2v) is 7.97. The Hall–Kier alpha value is -2.92. The number of nitrogens with one attached hydrogen (secondary N) is 1. The van der Waals surface area contributed by atoms with Gasteiger partial charge in [0, 0.05) is 11.4 Å². The molecule has 0 radical (unpaired) electrons. The van der Waals surface area contributed by atoms with Crippen LogP contribution in [0.4, 0.5) is 0 Å². The van der Waals surface area contributed by atoms with Crippen molar-refractivity contribution < 1.29 is 9.21 Å². The molecule has 5 rings (SSSR count). The third-order valence-corrected chi connectivity index (χ3v) is 6.36. The zero-order valence-electron chi connectivity index (χ0n) is 14.5. The number of hydrogen-bond donors (Lipinski definition) is 1. The summed E-state index contributed by atoms with van der Waals surface area (Å²) in [5.74, 6) is -0.121. The fourth-order valence-corrected chi connectivity index (χ4v) is 4.91. The van der Waals surface area contributed by atoms with Crippen molar-refractivity contribution in [3.63, 3.8) is 0 Å². The van der Waals surface area contributed by atoms with Crippen LogP contribution in [0.25, 0.3) is 21.1 Å². The Kier molecular flexibility index (Phi) is 3.83. The Balaban J connectivity index is 1.46. The molecule has 1 aliphatic carbocycles. The summed E-state index contributed by atoms with van der Waals surface area (Å²) in [4.78, 5) is 25.6. The Bertz CT molecular complexity index is 1240. The van der Waals surface area contributed by atoms with E-state index in [4.69, 9.17) is 4.42 Å². The minimum atomic E-state index is -0.398. The monoisotopic (exact) mass is 375 g/mol. The van der Waals surface area contributed by atoms with E-state index < -0.39 is 5.63 Å². The number of rotatable bonds is 2. The highest BCUT2D eigenvalue weighted by Crippen LogP contribution is 2.30. The van der Waals surface area contributed by atoms with Crippen LogP contribution in [0.15, 0.2) is 63.8 Å². The Morgan fingerprint density at radius 3 is 2.70 bits per heavy atom. The van der Waals surface area contributed by atoms with Crippen molar-refractivity contribution in [1.29, 1.82) is 0 Å². The SMILES string of the molecule is O=C(NC1CCc2ccccc2C1)c1cc2c(=O)oc3ccccc3c2s1. The molecule has 134 valence electrons. The van der Waals surface area contributed by atoms with Crippen LogP contribution in [0.2, 0.25) is 0 Å². The molecule has 0 saturated carbocycles. The molecule has 2 aromatic carbocycles. The molecular formula is C22H17NO3S. The first-order valence-electron chi connectivity index (χ1n) is 9.02. The topological polar surface area (TPSA) is 59.3 Å². The van der Waals surface area contributed by atoms with Gasteiger partial charge in [-0.25, -0.2) is 4.79 Å². The van der Waals surface area contributed by atoms with Crippen molar-refractivity contribution in [2.24, 2.45) is 0 Å². The number of thiophene rings is 1. The van der Waals surface area contributed by atoms with Crippen LogP contribution in [0, 0.1) is 0 Å². The number of carbonyl (C=O) groups is 1. The Morgan fingerprint density at radius 1 is 1.04 bits per heavy atom. The van der Waals surface area contributed by atoms with Crippen LogP contribution < -0.4 is 10.9 Å². The number of para-hydroxylation sites is 1. The molecule has 5 heteroatoms. The van der Waals surface area contributed by atoms with Crippen LogP contribution in [0.5, 0.6) is 0 Å². The molecule has 0 fully saturated rings. The van der Waals surface area contributed by atoms with Crippen LogP contribution in [-0.2, 0) is 12.8 Å². The molecular weight excluding hydrogens is 358 g/mol. The summed E-state index contributed by atoms with van der Waals surface area (Å²) in [7, 11) is 0. The normalized spacial score (nSPS) is 16.4. The van der Waals surface area contributed by atoms with Gasteiger partial charge in [-0.15, -0.1) is 11.3 Å². The van der Waals surface area contributed by atoms with Crippen LogP contribution in [-0.4, -0.2) is 11.9 Å². The summed E-state index contributed by atoms with van der Waals surface area (Å²) in [6.07, 6.45) is 2.75. The average molecular weight is 375 g/mol. The van der Waals surface area contributed by atoms with Gasteiger partial charge in [0.25, 0.3) is 5.91 Å². The molecule has 1 unspecified atom stereocenters. The van der Waals surface area contributed by atoms with E-state index in [2.05, 4.69) is 23.5 Å². The molecule has 27 heavy (non-hydrogen) atoms. The van der Waals surface area contributed by atoms with Gasteiger partial charge in [-0.05, 0) is 48.6 Å². The molecule has 0 saturated heterocycles. The molecule has 1 N–H and O–H groups in total. The van der Waals surface area contributed by atoms with Crippen LogP contribution in [0.3, 0.4) is 0 Å². The summed E-state index contributed by atoms with van der Waals surface area (Å²) in [6.45, 7) is 0. The number of benzene rings is 2. The number of carbonyl (C=O) groups excluding carboxylic acids is 1. The average Bonchev–Trinajstić information content (AvgIpc) is 3.15. The van der Waals surface area contributed by atoms with Crippen molar-refractivity contribution in [3.05, 3.63) is 81.0 Å². The summed E-state index contributed by atoms with van der Waals surface area (Å²) < 4.78 is 6.18. The minimum Gasteiger partial charge on any atom is -0.422 e. The molecule has 2 heterocycles. The van der Waals surface area contributed by atoms with Gasteiger partial charge in [0.15, 0.2) is 0 Å². The largest absolute Gasteiger partial charge is 0.422 e. The molecule has 1 aliphatic rings. The van der Waals surface area contributed by atoms with Crippen molar-refractivity contribution >= 4 is 38.3 Å². The van der Waals surface area contributed by atoms with E-state index in [0.717, 1.165) is 29.3 Å². The quantitative estimate of drug-likeness (QED) is 0.532. The van der Waals surface area contributed by atoms with E-state index in [0.29, 0.717) is 15.8 Å². The first kappa shape index (κ1) is 16.3. The second-order valence-electron chi connectivity index (χ2n) is 6.92. The van der Waals surface area contributed by atoms with Crippen LogP contribution >= 0.6 is 11.3 Å². The van der Waals surface area contributed by atoms with E-state index in [1.54, 1.807) is 12.1 Å². The number of aryl methyl sites for hydroxylation is 1. The van der Waals surface area contributed by atoms with Crippen molar-refractivity contribution in [3.8, 4) is 0 Å². The predicted molar refractivity (Wildman–Crippen MR) is 108 cm³/mol. The van der Waals surface area contributed by atoms with Crippen LogP contribution in [0.1, 0.15) is 27.2 Å². The zero-order chi connectivity index (χ0) is 18.4. The first-order chi connectivity index (χ1) is 13.2. The standard InChI is InChI=1S/C22H17NO3S/c24-21(23-15-10-9-13-5-1-2-6-14(13)11-15)19-12-17-20(27-19)16-7-3-4-8-18(16)26-22(17)25/h1-8,12,15H,9-11H2,(H,23,24). The van der Waals surface area contributed by atoms with E-state index in [1.807, 2.05) is 24.3 Å². The number of hydrogen-bond acceptors (Lipinski definition) is 4. The summed E-state index contributed by atoms with van der Waals surface area (Å²) >= 11 is 1.35. The molecule has 1 amide bonds. The fourth-order valence-electron chi connectivity index (χ4n) is 3.83. The summed E-state index contributed by atoms with van der Waals surface area (Å²) in [5.41, 5.74) is 2.82. The van der Waals surface area contributed by atoms with Gasteiger partial charge in [-0.2, -0.15) is 0 Å². The van der Waals surface area contributed by atoms with Crippen molar-refractivity contribution in [2.75, 3.05) is 0 Å². The zero-order valence-corrected chi connectivity index (χ0v) is 15.3. The Labute approximate surface area is 159 Å². The minimum absolute atomic E-state index is 0.116. The van der Waals surface area contributed by atoms with Gasteiger partial charge in [-0.1, -0.05) is 36.4 Å². The molecule has 0 spiro atoms. The summed E-state index contributed by atoms with van der Waals surface area (Å²) in [5, 5.41) is 4.48. The van der Waals surface area contributed by atoms with E-state index >= 15 is 0 Å². The molecule has 1 atom stereocenters. The van der Waals surface area contributed by atoms with E-state index in [1.165, 1.54) is 22.5 Å². The number of amides is 1.